The number of carbonyl (C=O) groups is 1. The maximum absolute atomic E-state index is 12.8. The lowest BCUT2D eigenvalue weighted by Crippen LogP contribution is -2.34. The van der Waals surface area contributed by atoms with Crippen LogP contribution < -0.4 is 0 Å². The average molecular weight is 297 g/mol. The lowest BCUT2D eigenvalue weighted by Gasteiger charge is -2.26. The summed E-state index contributed by atoms with van der Waals surface area (Å²) in [4.78, 5) is 14.7. The summed E-state index contributed by atoms with van der Waals surface area (Å²) in [6, 6.07) is 8.29. The smallest absolute Gasteiger partial charge is 0.227 e. The molecule has 0 N–H and O–H groups in total. The number of ether oxygens (including phenoxy) is 1. The van der Waals surface area contributed by atoms with Gasteiger partial charge >= 0.3 is 0 Å². The highest BCUT2D eigenvalue weighted by Crippen LogP contribution is 2.59. The van der Waals surface area contributed by atoms with Crippen LogP contribution in [0.5, 0.6) is 0 Å². The Morgan fingerprint density at radius 2 is 2.05 bits per heavy atom. The zero-order chi connectivity index (χ0) is 15.6. The zero-order valence-electron chi connectivity index (χ0n) is 13.2. The SMILES string of the molecule is C#CCN(Cc1ccc(C)cc1)C(=O)C1CC12CCOCC2. The largest absolute Gasteiger partial charge is 0.381 e. The Hall–Kier alpha value is -1.79. The van der Waals surface area contributed by atoms with Gasteiger partial charge in [-0.3, -0.25) is 4.79 Å². The summed E-state index contributed by atoms with van der Waals surface area (Å²) in [5, 5.41) is 0. The second-order valence-corrected chi connectivity index (χ2v) is 6.62. The van der Waals surface area contributed by atoms with Crippen molar-refractivity contribution in [3.63, 3.8) is 0 Å². The number of hydrogen-bond acceptors (Lipinski definition) is 2. The molecule has 0 aromatic heterocycles. The van der Waals surface area contributed by atoms with Crippen LogP contribution in [0, 0.1) is 30.6 Å². The van der Waals surface area contributed by atoms with E-state index in [2.05, 4.69) is 37.1 Å². The van der Waals surface area contributed by atoms with E-state index in [0.717, 1.165) is 38.0 Å². The molecule has 3 rings (SSSR count). The molecule has 22 heavy (non-hydrogen) atoms. The van der Waals surface area contributed by atoms with Crippen LogP contribution in [0.1, 0.15) is 30.4 Å². The molecular weight excluding hydrogens is 274 g/mol. The molecule has 1 aliphatic heterocycles. The summed E-state index contributed by atoms with van der Waals surface area (Å²) in [5.74, 6) is 3.01. The van der Waals surface area contributed by atoms with E-state index in [0.29, 0.717) is 13.1 Å². The number of amides is 1. The van der Waals surface area contributed by atoms with Gasteiger partial charge < -0.3 is 9.64 Å². The number of hydrogen-bond donors (Lipinski definition) is 0. The van der Waals surface area contributed by atoms with Crippen molar-refractivity contribution in [3.05, 3.63) is 35.4 Å². The number of terminal acetylenes is 1. The monoisotopic (exact) mass is 297 g/mol. The summed E-state index contributed by atoms with van der Waals surface area (Å²) in [7, 11) is 0. The molecule has 0 bridgehead atoms. The van der Waals surface area contributed by atoms with Crippen LogP contribution in [0.15, 0.2) is 24.3 Å². The molecule has 1 atom stereocenters. The van der Waals surface area contributed by atoms with E-state index in [4.69, 9.17) is 11.2 Å². The first-order chi connectivity index (χ1) is 10.6. The molecule has 2 fully saturated rings. The van der Waals surface area contributed by atoms with Crippen molar-refractivity contribution >= 4 is 5.91 Å². The van der Waals surface area contributed by atoms with Crippen molar-refractivity contribution in [2.45, 2.75) is 32.7 Å². The zero-order valence-corrected chi connectivity index (χ0v) is 13.2. The van der Waals surface area contributed by atoms with Crippen LogP contribution >= 0.6 is 0 Å². The molecule has 1 aliphatic carbocycles. The van der Waals surface area contributed by atoms with Crippen molar-refractivity contribution in [2.24, 2.45) is 11.3 Å². The molecule has 1 amide bonds. The third-order valence-electron chi connectivity index (χ3n) is 5.06. The van der Waals surface area contributed by atoms with E-state index in [-0.39, 0.29) is 17.2 Å². The number of benzene rings is 1. The minimum atomic E-state index is 0.148. The van der Waals surface area contributed by atoms with Gasteiger partial charge in [0.1, 0.15) is 0 Å². The molecule has 1 saturated heterocycles. The van der Waals surface area contributed by atoms with Crippen LogP contribution in [-0.2, 0) is 16.1 Å². The van der Waals surface area contributed by atoms with Gasteiger partial charge in [-0.05, 0) is 37.2 Å². The lowest BCUT2D eigenvalue weighted by molar-refractivity contribution is -0.134. The van der Waals surface area contributed by atoms with Crippen LogP contribution in [0.25, 0.3) is 0 Å². The number of nitrogens with zero attached hydrogens (tertiary/aromatic N) is 1. The second kappa shape index (κ2) is 6.14. The van der Waals surface area contributed by atoms with Crippen molar-refractivity contribution in [3.8, 4) is 12.3 Å². The topological polar surface area (TPSA) is 29.5 Å². The highest BCUT2D eigenvalue weighted by Gasteiger charge is 2.58. The van der Waals surface area contributed by atoms with Gasteiger partial charge in [0.2, 0.25) is 5.91 Å². The molecule has 1 aromatic carbocycles. The summed E-state index contributed by atoms with van der Waals surface area (Å²) in [6.45, 7) is 4.63. The first-order valence-corrected chi connectivity index (χ1v) is 8.00. The molecule has 1 aromatic rings. The van der Waals surface area contributed by atoms with Gasteiger partial charge in [0.25, 0.3) is 0 Å². The molecule has 3 nitrogen and oxygen atoms in total. The van der Waals surface area contributed by atoms with Gasteiger partial charge in [0.15, 0.2) is 0 Å². The molecule has 1 unspecified atom stereocenters. The quantitative estimate of drug-likeness (QED) is 0.800. The van der Waals surface area contributed by atoms with E-state index in [1.165, 1.54) is 5.56 Å². The summed E-state index contributed by atoms with van der Waals surface area (Å²) < 4.78 is 5.43. The highest BCUT2D eigenvalue weighted by molar-refractivity contribution is 5.83. The molecule has 3 heteroatoms. The Balaban J connectivity index is 1.67. The minimum absolute atomic E-state index is 0.148. The first-order valence-electron chi connectivity index (χ1n) is 8.00. The minimum Gasteiger partial charge on any atom is -0.381 e. The van der Waals surface area contributed by atoms with Gasteiger partial charge in [-0.2, -0.15) is 0 Å². The van der Waals surface area contributed by atoms with Crippen LogP contribution in [0.3, 0.4) is 0 Å². The maximum atomic E-state index is 12.8. The van der Waals surface area contributed by atoms with Crippen molar-refractivity contribution in [1.82, 2.24) is 4.90 Å². The third-order valence-corrected chi connectivity index (χ3v) is 5.06. The van der Waals surface area contributed by atoms with Crippen LogP contribution in [0.2, 0.25) is 0 Å². The van der Waals surface area contributed by atoms with E-state index < -0.39 is 0 Å². The Morgan fingerprint density at radius 3 is 2.68 bits per heavy atom. The number of aryl methyl sites for hydroxylation is 1. The van der Waals surface area contributed by atoms with E-state index in [1.54, 1.807) is 0 Å². The first kappa shape index (κ1) is 15.1. The van der Waals surface area contributed by atoms with Gasteiger partial charge in [-0.15, -0.1) is 6.42 Å². The number of rotatable bonds is 4. The molecule has 1 spiro atoms. The van der Waals surface area contributed by atoms with Gasteiger partial charge in [-0.1, -0.05) is 35.7 Å². The van der Waals surface area contributed by atoms with Crippen molar-refractivity contribution in [2.75, 3.05) is 19.8 Å². The fourth-order valence-corrected chi connectivity index (χ4v) is 3.48. The second-order valence-electron chi connectivity index (χ2n) is 6.62. The van der Waals surface area contributed by atoms with E-state index >= 15 is 0 Å². The Morgan fingerprint density at radius 1 is 1.36 bits per heavy atom. The fraction of sp³-hybridized carbons (Fsp3) is 0.526. The molecule has 1 heterocycles. The fourth-order valence-electron chi connectivity index (χ4n) is 3.48. The summed E-state index contributed by atoms with van der Waals surface area (Å²) >= 11 is 0. The Kier molecular flexibility index (Phi) is 4.22. The van der Waals surface area contributed by atoms with Crippen LogP contribution in [-0.4, -0.2) is 30.6 Å². The Labute approximate surface area is 132 Å². The predicted octanol–water partition coefficient (Wildman–Crippen LogP) is 2.77. The highest BCUT2D eigenvalue weighted by atomic mass is 16.5. The summed E-state index contributed by atoms with van der Waals surface area (Å²) in [5.41, 5.74) is 2.56. The van der Waals surface area contributed by atoms with Crippen LogP contribution in [0.4, 0.5) is 0 Å². The van der Waals surface area contributed by atoms with E-state index in [9.17, 15) is 4.79 Å². The van der Waals surface area contributed by atoms with E-state index in [1.807, 2.05) is 4.90 Å². The lowest BCUT2D eigenvalue weighted by atomic mass is 9.93. The van der Waals surface area contributed by atoms with Crippen molar-refractivity contribution < 1.29 is 9.53 Å². The molecular formula is C19H23NO2. The normalized spacial score (nSPS) is 22.1. The maximum Gasteiger partial charge on any atom is 0.227 e. The van der Waals surface area contributed by atoms with Crippen molar-refractivity contribution in [1.29, 1.82) is 0 Å². The predicted molar refractivity (Wildman–Crippen MR) is 86.0 cm³/mol. The molecule has 2 aliphatic rings. The molecule has 1 saturated carbocycles. The summed E-state index contributed by atoms with van der Waals surface area (Å²) in [6.07, 6.45) is 8.50. The van der Waals surface area contributed by atoms with Gasteiger partial charge in [0, 0.05) is 25.7 Å². The van der Waals surface area contributed by atoms with Gasteiger partial charge in [-0.25, -0.2) is 0 Å². The van der Waals surface area contributed by atoms with Gasteiger partial charge in [0.05, 0.1) is 6.54 Å². The average Bonchev–Trinajstić information content (AvgIpc) is 3.22. The molecule has 116 valence electrons. The third kappa shape index (κ3) is 3.03. The Bertz CT molecular complexity index is 578. The molecule has 0 radical (unpaired) electrons. The standard InChI is InChI=1S/C19H23NO2/c1-3-10-20(14-16-6-4-15(2)5-7-16)18(21)17-13-19(17)8-11-22-12-9-19/h1,4-7,17H,8-14H2,2H3. The number of carbonyl (C=O) groups excluding carboxylic acids is 1.